The molecular formula is C7H12Br2O2. The Labute approximate surface area is 83.9 Å². The fourth-order valence-corrected chi connectivity index (χ4v) is 0.993. The van der Waals surface area contributed by atoms with Crippen molar-refractivity contribution in [2.45, 2.75) is 29.9 Å². The Kier molecular flexibility index (Phi) is 6.24. The number of halogens is 2. The molecule has 0 bridgehead atoms. The molecule has 0 aliphatic rings. The smallest absolute Gasteiger partial charge is 0.306 e. The van der Waals surface area contributed by atoms with Crippen LogP contribution < -0.4 is 0 Å². The minimum Gasteiger partial charge on any atom is -0.466 e. The molecule has 0 radical (unpaired) electrons. The molecule has 4 heteroatoms. The summed E-state index contributed by atoms with van der Waals surface area (Å²) in [4.78, 5) is 11.3. The molecule has 2 unspecified atom stereocenters. The van der Waals surface area contributed by atoms with Crippen LogP contribution >= 0.6 is 31.9 Å². The lowest BCUT2D eigenvalue weighted by Gasteiger charge is -2.10. The first-order chi connectivity index (χ1) is 5.07. The standard InChI is InChI=1S/C7H12Br2O2/c1-3-11-7(10)4-6(9)5(2)8/h5-6H,3-4H2,1-2H3. The van der Waals surface area contributed by atoms with E-state index in [9.17, 15) is 4.79 Å². The number of hydrogen-bond acceptors (Lipinski definition) is 2. The average Bonchev–Trinajstić information content (AvgIpc) is 1.87. The molecule has 0 aliphatic heterocycles. The van der Waals surface area contributed by atoms with E-state index in [2.05, 4.69) is 31.9 Å². The first-order valence-electron chi connectivity index (χ1n) is 3.51. The van der Waals surface area contributed by atoms with Crippen molar-refractivity contribution in [3.8, 4) is 0 Å². The van der Waals surface area contributed by atoms with E-state index in [4.69, 9.17) is 4.74 Å². The Bertz CT molecular complexity index is 126. The Morgan fingerprint density at radius 1 is 1.55 bits per heavy atom. The molecule has 2 atom stereocenters. The van der Waals surface area contributed by atoms with E-state index in [0.29, 0.717) is 13.0 Å². The van der Waals surface area contributed by atoms with Crippen molar-refractivity contribution in [3.63, 3.8) is 0 Å². The zero-order valence-corrected chi connectivity index (χ0v) is 9.81. The summed E-state index contributed by atoms with van der Waals surface area (Å²) in [5.41, 5.74) is 0. The van der Waals surface area contributed by atoms with Crippen LogP contribution in [0.2, 0.25) is 0 Å². The van der Waals surface area contributed by atoms with Crippen molar-refractivity contribution in [1.82, 2.24) is 0 Å². The summed E-state index contributed by atoms with van der Waals surface area (Å²) in [6.07, 6.45) is 0.417. The molecule has 0 heterocycles. The quantitative estimate of drug-likeness (QED) is 0.587. The second-order valence-electron chi connectivity index (χ2n) is 2.20. The third-order valence-corrected chi connectivity index (χ3v) is 3.63. The first-order valence-corrected chi connectivity index (χ1v) is 5.34. The zero-order valence-electron chi connectivity index (χ0n) is 6.64. The summed E-state index contributed by atoms with van der Waals surface area (Å²) in [5.74, 6) is -0.152. The topological polar surface area (TPSA) is 26.3 Å². The van der Waals surface area contributed by atoms with Crippen LogP contribution in [0.1, 0.15) is 20.3 Å². The van der Waals surface area contributed by atoms with Gasteiger partial charge in [-0.3, -0.25) is 4.79 Å². The predicted octanol–water partition coefficient (Wildman–Crippen LogP) is 2.49. The summed E-state index contributed by atoms with van der Waals surface area (Å²) < 4.78 is 4.77. The second kappa shape index (κ2) is 6.00. The highest BCUT2D eigenvalue weighted by atomic mass is 79.9. The minimum absolute atomic E-state index is 0.152. The molecule has 11 heavy (non-hydrogen) atoms. The molecule has 66 valence electrons. The van der Waals surface area contributed by atoms with Gasteiger partial charge in [-0.25, -0.2) is 0 Å². The molecule has 0 rings (SSSR count). The third kappa shape index (κ3) is 5.67. The van der Waals surface area contributed by atoms with E-state index in [1.165, 1.54) is 0 Å². The van der Waals surface area contributed by atoms with Crippen molar-refractivity contribution >= 4 is 37.8 Å². The van der Waals surface area contributed by atoms with Crippen molar-refractivity contribution in [2.24, 2.45) is 0 Å². The number of hydrogen-bond donors (Lipinski definition) is 0. The van der Waals surface area contributed by atoms with Crippen LogP contribution in [-0.2, 0) is 9.53 Å². The van der Waals surface area contributed by atoms with Crippen LogP contribution in [0.4, 0.5) is 0 Å². The summed E-state index contributed by atoms with van der Waals surface area (Å²) in [6, 6.07) is 0. The van der Waals surface area contributed by atoms with Crippen LogP contribution in [0.15, 0.2) is 0 Å². The fraction of sp³-hybridized carbons (Fsp3) is 0.857. The van der Waals surface area contributed by atoms with Crippen LogP contribution in [-0.4, -0.2) is 22.2 Å². The number of carbonyl (C=O) groups excluding carboxylic acids is 1. The van der Waals surface area contributed by atoms with E-state index in [0.717, 1.165) is 0 Å². The maximum atomic E-state index is 10.9. The summed E-state index contributed by atoms with van der Waals surface area (Å²) in [6.45, 7) is 4.24. The molecule has 0 aromatic rings. The zero-order chi connectivity index (χ0) is 8.85. The molecule has 0 saturated heterocycles. The molecule has 0 spiro atoms. The SMILES string of the molecule is CCOC(=O)CC(Br)C(C)Br. The van der Waals surface area contributed by atoms with Crippen molar-refractivity contribution in [1.29, 1.82) is 0 Å². The van der Waals surface area contributed by atoms with Gasteiger partial charge in [0.2, 0.25) is 0 Å². The Morgan fingerprint density at radius 2 is 2.09 bits per heavy atom. The Hall–Kier alpha value is 0.430. The van der Waals surface area contributed by atoms with Gasteiger partial charge in [0.1, 0.15) is 0 Å². The predicted molar refractivity (Wildman–Crippen MR) is 52.4 cm³/mol. The lowest BCUT2D eigenvalue weighted by atomic mass is 10.2. The van der Waals surface area contributed by atoms with Crippen molar-refractivity contribution in [2.75, 3.05) is 6.61 Å². The summed E-state index contributed by atoms with van der Waals surface area (Å²) >= 11 is 6.73. The van der Waals surface area contributed by atoms with Crippen molar-refractivity contribution in [3.05, 3.63) is 0 Å². The van der Waals surface area contributed by atoms with Gasteiger partial charge in [0.05, 0.1) is 13.0 Å². The average molecular weight is 288 g/mol. The van der Waals surface area contributed by atoms with Crippen molar-refractivity contribution < 1.29 is 9.53 Å². The molecule has 0 aromatic heterocycles. The van der Waals surface area contributed by atoms with Gasteiger partial charge in [-0.15, -0.1) is 0 Å². The van der Waals surface area contributed by atoms with E-state index in [1.807, 2.05) is 6.92 Å². The second-order valence-corrected chi connectivity index (χ2v) is 4.82. The van der Waals surface area contributed by atoms with Crippen LogP contribution in [0.5, 0.6) is 0 Å². The molecule has 0 aliphatic carbocycles. The van der Waals surface area contributed by atoms with E-state index in [1.54, 1.807) is 6.92 Å². The van der Waals surface area contributed by atoms with Crippen LogP contribution in [0.3, 0.4) is 0 Å². The molecular weight excluding hydrogens is 276 g/mol. The highest BCUT2D eigenvalue weighted by Gasteiger charge is 2.15. The molecule has 0 saturated carbocycles. The fourth-order valence-electron chi connectivity index (χ4n) is 0.542. The van der Waals surface area contributed by atoms with Gasteiger partial charge < -0.3 is 4.74 Å². The molecule has 0 N–H and O–H groups in total. The maximum Gasteiger partial charge on any atom is 0.306 e. The van der Waals surface area contributed by atoms with Crippen LogP contribution in [0, 0.1) is 0 Å². The van der Waals surface area contributed by atoms with Gasteiger partial charge >= 0.3 is 5.97 Å². The summed E-state index contributed by atoms with van der Waals surface area (Å²) in [5, 5.41) is 0. The summed E-state index contributed by atoms with van der Waals surface area (Å²) in [7, 11) is 0. The highest BCUT2D eigenvalue weighted by molar-refractivity contribution is 9.12. The molecule has 0 fully saturated rings. The van der Waals surface area contributed by atoms with E-state index >= 15 is 0 Å². The number of alkyl halides is 2. The third-order valence-electron chi connectivity index (χ3n) is 1.17. The molecule has 0 aromatic carbocycles. The number of esters is 1. The Morgan fingerprint density at radius 3 is 2.45 bits per heavy atom. The van der Waals surface area contributed by atoms with Gasteiger partial charge in [-0.1, -0.05) is 38.8 Å². The van der Waals surface area contributed by atoms with E-state index < -0.39 is 0 Å². The number of ether oxygens (including phenoxy) is 1. The van der Waals surface area contributed by atoms with Gasteiger partial charge in [-0.05, 0) is 6.92 Å². The minimum atomic E-state index is -0.152. The monoisotopic (exact) mass is 286 g/mol. The Balaban J connectivity index is 3.57. The van der Waals surface area contributed by atoms with Gasteiger partial charge in [0.25, 0.3) is 0 Å². The van der Waals surface area contributed by atoms with Gasteiger partial charge in [0.15, 0.2) is 0 Å². The highest BCUT2D eigenvalue weighted by Crippen LogP contribution is 2.17. The lowest BCUT2D eigenvalue weighted by molar-refractivity contribution is -0.143. The number of carbonyl (C=O) groups is 1. The lowest BCUT2D eigenvalue weighted by Crippen LogP contribution is -2.17. The van der Waals surface area contributed by atoms with Crippen LogP contribution in [0.25, 0.3) is 0 Å². The maximum absolute atomic E-state index is 10.9. The molecule has 0 amide bonds. The normalized spacial score (nSPS) is 15.6. The molecule has 2 nitrogen and oxygen atoms in total. The van der Waals surface area contributed by atoms with Gasteiger partial charge in [-0.2, -0.15) is 0 Å². The van der Waals surface area contributed by atoms with Gasteiger partial charge in [0, 0.05) is 9.65 Å². The number of rotatable bonds is 4. The largest absolute Gasteiger partial charge is 0.466 e. The van der Waals surface area contributed by atoms with E-state index in [-0.39, 0.29) is 15.6 Å². The first kappa shape index (κ1) is 11.4.